The summed E-state index contributed by atoms with van der Waals surface area (Å²) in [5.41, 5.74) is 0.189. The minimum absolute atomic E-state index is 0.301. The van der Waals surface area contributed by atoms with Gasteiger partial charge in [0.05, 0.1) is 0 Å². The van der Waals surface area contributed by atoms with Crippen molar-refractivity contribution in [2.24, 2.45) is 5.92 Å². The number of piperidine rings is 1. The van der Waals surface area contributed by atoms with E-state index >= 15 is 0 Å². The largest absolute Gasteiger partial charge is 0.343 e. The van der Waals surface area contributed by atoms with E-state index in [0.717, 1.165) is 11.4 Å². The molecule has 2 heterocycles. The van der Waals surface area contributed by atoms with Gasteiger partial charge in [-0.25, -0.2) is 14.4 Å². The number of carbonyl (C=O) groups excluding carboxylic acids is 2. The van der Waals surface area contributed by atoms with Gasteiger partial charge in [0.25, 0.3) is 0 Å². The second-order valence-corrected chi connectivity index (χ2v) is 9.03. The third kappa shape index (κ3) is 5.79. The van der Waals surface area contributed by atoms with E-state index in [0.29, 0.717) is 42.5 Å². The Morgan fingerprint density at radius 3 is 2.19 bits per heavy atom. The minimum atomic E-state index is -1.92. The van der Waals surface area contributed by atoms with E-state index < -0.39 is 17.5 Å². The van der Waals surface area contributed by atoms with E-state index in [-0.39, 0.29) is 11.8 Å². The Labute approximate surface area is 187 Å². The number of anilines is 1. The van der Waals surface area contributed by atoms with Crippen LogP contribution >= 0.6 is 11.6 Å². The Balaban J connectivity index is 1.66. The van der Waals surface area contributed by atoms with Crippen molar-refractivity contribution in [1.82, 2.24) is 15.3 Å². The number of Topliss-reactive ketones (excluding diaryl/α,β-unsaturated/α-hetero) is 1. The van der Waals surface area contributed by atoms with Crippen molar-refractivity contribution < 1.29 is 14.0 Å². The molecule has 31 heavy (non-hydrogen) atoms. The Hall–Kier alpha value is -2.54. The molecule has 1 saturated heterocycles. The molecule has 166 valence electrons. The van der Waals surface area contributed by atoms with E-state index in [1.54, 1.807) is 12.1 Å². The number of halogens is 2. The second-order valence-electron chi connectivity index (χ2n) is 8.59. The summed E-state index contributed by atoms with van der Waals surface area (Å²) in [6.07, 6.45) is 1.16. The first kappa shape index (κ1) is 23.1. The molecule has 0 bridgehead atoms. The van der Waals surface area contributed by atoms with Gasteiger partial charge in [0.15, 0.2) is 5.78 Å². The molecule has 0 radical (unpaired) electrons. The van der Waals surface area contributed by atoms with Gasteiger partial charge in [0, 0.05) is 41.0 Å². The van der Waals surface area contributed by atoms with Crippen molar-refractivity contribution in [3.63, 3.8) is 0 Å². The molecule has 0 aliphatic carbocycles. The molecule has 1 amide bonds. The fraction of sp³-hybridized carbons (Fsp3) is 0.478. The van der Waals surface area contributed by atoms with Gasteiger partial charge < -0.3 is 10.2 Å². The van der Waals surface area contributed by atoms with Crippen LogP contribution in [0.25, 0.3) is 0 Å². The first-order valence-electron chi connectivity index (χ1n) is 10.4. The highest BCUT2D eigenvalue weighted by molar-refractivity contribution is 6.30. The van der Waals surface area contributed by atoms with Crippen molar-refractivity contribution in [1.29, 1.82) is 0 Å². The Kier molecular flexibility index (Phi) is 6.94. The number of carbonyl (C=O) groups is 2. The van der Waals surface area contributed by atoms with E-state index in [4.69, 9.17) is 11.6 Å². The smallest absolute Gasteiger partial charge is 0.225 e. The number of nitrogens with zero attached hydrogens (tertiary/aromatic N) is 3. The summed E-state index contributed by atoms with van der Waals surface area (Å²) in [5, 5.41) is 3.15. The molecule has 1 aromatic carbocycles. The molecule has 1 atom stereocenters. The van der Waals surface area contributed by atoms with Crippen LogP contribution in [-0.4, -0.2) is 46.5 Å². The predicted molar refractivity (Wildman–Crippen MR) is 119 cm³/mol. The molecule has 0 spiro atoms. The zero-order chi connectivity index (χ0) is 22.8. The summed E-state index contributed by atoms with van der Waals surface area (Å²) >= 11 is 5.88. The van der Waals surface area contributed by atoms with E-state index in [1.165, 1.54) is 26.0 Å². The van der Waals surface area contributed by atoms with Gasteiger partial charge in [-0.1, -0.05) is 11.6 Å². The minimum Gasteiger partial charge on any atom is -0.343 e. The number of ketones is 1. The zero-order valence-corrected chi connectivity index (χ0v) is 19.0. The maximum absolute atomic E-state index is 14.9. The van der Waals surface area contributed by atoms with Crippen LogP contribution in [0.5, 0.6) is 0 Å². The van der Waals surface area contributed by atoms with E-state index in [9.17, 15) is 14.0 Å². The summed E-state index contributed by atoms with van der Waals surface area (Å²) in [6.45, 7) is 7.69. The van der Waals surface area contributed by atoms with Crippen LogP contribution < -0.4 is 10.2 Å². The summed E-state index contributed by atoms with van der Waals surface area (Å²) in [7, 11) is 0. The normalized spacial score (nSPS) is 16.1. The molecule has 6 nitrogen and oxygen atoms in total. The van der Waals surface area contributed by atoms with Gasteiger partial charge in [-0.05, 0) is 70.9 Å². The SMILES string of the molecule is Cc1cc(C)nc(N2CCC(C(=O)NC(C(=O)c3ccc(Cl)cc3)C(C)(C)F)CC2)n1. The summed E-state index contributed by atoms with van der Waals surface area (Å²) in [6, 6.07) is 6.87. The quantitative estimate of drug-likeness (QED) is 0.677. The Morgan fingerprint density at radius 1 is 1.13 bits per heavy atom. The lowest BCUT2D eigenvalue weighted by atomic mass is 9.90. The monoisotopic (exact) mass is 446 g/mol. The van der Waals surface area contributed by atoms with Gasteiger partial charge in [0.1, 0.15) is 11.7 Å². The molecular formula is C23H28ClFN4O2. The standard InChI is InChI=1S/C23H28ClFN4O2/c1-14-13-15(2)27-22(26-14)29-11-9-17(10-12-29)21(31)28-20(23(3,4)25)19(30)16-5-7-18(24)8-6-16/h5-8,13,17,20H,9-12H2,1-4H3,(H,28,31). The average molecular weight is 447 g/mol. The van der Waals surface area contributed by atoms with Gasteiger partial charge in [-0.15, -0.1) is 0 Å². The van der Waals surface area contributed by atoms with Crippen molar-refractivity contribution in [3.8, 4) is 0 Å². The average Bonchev–Trinajstić information content (AvgIpc) is 2.70. The number of aromatic nitrogens is 2. The second kappa shape index (κ2) is 9.30. The van der Waals surface area contributed by atoms with Crippen LogP contribution in [0.15, 0.2) is 30.3 Å². The highest BCUT2D eigenvalue weighted by Gasteiger charge is 2.39. The van der Waals surface area contributed by atoms with Crippen LogP contribution in [0, 0.1) is 19.8 Å². The molecule has 2 aromatic rings. The first-order chi connectivity index (χ1) is 14.5. The molecule has 8 heteroatoms. The van der Waals surface area contributed by atoms with Crippen molar-refractivity contribution in [2.45, 2.75) is 52.2 Å². The van der Waals surface area contributed by atoms with Crippen LogP contribution in [0.1, 0.15) is 48.4 Å². The number of hydrogen-bond acceptors (Lipinski definition) is 5. The van der Waals surface area contributed by atoms with Crippen LogP contribution in [0.2, 0.25) is 5.02 Å². The molecular weight excluding hydrogens is 419 g/mol. The highest BCUT2D eigenvalue weighted by atomic mass is 35.5. The maximum atomic E-state index is 14.9. The van der Waals surface area contributed by atoms with Gasteiger partial charge >= 0.3 is 0 Å². The predicted octanol–water partition coefficient (Wildman–Crippen LogP) is 4.08. The molecule has 1 fully saturated rings. The lowest BCUT2D eigenvalue weighted by molar-refractivity contribution is -0.127. The maximum Gasteiger partial charge on any atom is 0.225 e. The Morgan fingerprint density at radius 2 is 1.68 bits per heavy atom. The molecule has 1 N–H and O–H groups in total. The third-order valence-corrected chi connectivity index (χ3v) is 5.74. The summed E-state index contributed by atoms with van der Waals surface area (Å²) < 4.78 is 14.9. The lowest BCUT2D eigenvalue weighted by Gasteiger charge is -2.33. The van der Waals surface area contributed by atoms with Crippen molar-refractivity contribution >= 4 is 29.2 Å². The van der Waals surface area contributed by atoms with Crippen LogP contribution in [-0.2, 0) is 4.79 Å². The molecule has 0 saturated carbocycles. The first-order valence-corrected chi connectivity index (χ1v) is 10.8. The number of alkyl halides is 1. The van der Waals surface area contributed by atoms with E-state index in [1.807, 2.05) is 19.9 Å². The zero-order valence-electron chi connectivity index (χ0n) is 18.3. The highest BCUT2D eigenvalue weighted by Crippen LogP contribution is 2.24. The van der Waals surface area contributed by atoms with Gasteiger partial charge in [0.2, 0.25) is 11.9 Å². The number of benzene rings is 1. The molecule has 3 rings (SSSR count). The Bertz CT molecular complexity index is 931. The number of amides is 1. The fourth-order valence-electron chi connectivity index (χ4n) is 3.78. The summed E-state index contributed by atoms with van der Waals surface area (Å²) in [4.78, 5) is 36.8. The van der Waals surface area contributed by atoms with Gasteiger partial charge in [-0.3, -0.25) is 9.59 Å². The molecule has 1 aliphatic heterocycles. The molecule has 1 aromatic heterocycles. The van der Waals surface area contributed by atoms with Crippen molar-refractivity contribution in [2.75, 3.05) is 18.0 Å². The van der Waals surface area contributed by atoms with E-state index in [2.05, 4.69) is 20.2 Å². The number of hydrogen-bond donors (Lipinski definition) is 1. The van der Waals surface area contributed by atoms with Gasteiger partial charge in [-0.2, -0.15) is 0 Å². The topological polar surface area (TPSA) is 75.2 Å². The van der Waals surface area contributed by atoms with Crippen LogP contribution in [0.3, 0.4) is 0 Å². The van der Waals surface area contributed by atoms with Crippen molar-refractivity contribution in [3.05, 3.63) is 52.3 Å². The number of aryl methyl sites for hydroxylation is 2. The number of nitrogens with one attached hydrogen (secondary N) is 1. The summed E-state index contributed by atoms with van der Waals surface area (Å²) in [5.74, 6) is -0.417. The molecule has 1 aliphatic rings. The lowest BCUT2D eigenvalue weighted by Crippen LogP contribution is -2.54. The fourth-order valence-corrected chi connectivity index (χ4v) is 3.91. The third-order valence-electron chi connectivity index (χ3n) is 5.48. The van der Waals surface area contributed by atoms with Crippen LogP contribution in [0.4, 0.5) is 10.3 Å². The number of rotatable bonds is 6. The molecule has 1 unspecified atom stereocenters.